The molecule has 0 aromatic heterocycles. The first-order valence-electron chi connectivity index (χ1n) is 7.83. The monoisotopic (exact) mass is 297 g/mol. The highest BCUT2D eigenvalue weighted by Gasteiger charge is 2.29. The van der Waals surface area contributed by atoms with E-state index in [1.54, 1.807) is 0 Å². The van der Waals surface area contributed by atoms with E-state index >= 15 is 0 Å². The minimum absolute atomic E-state index is 0.0752. The molecule has 3 rings (SSSR count). The summed E-state index contributed by atoms with van der Waals surface area (Å²) in [4.78, 5) is 2.41. The van der Waals surface area contributed by atoms with Crippen LogP contribution in [0.25, 0.3) is 0 Å². The number of morpholine rings is 1. The van der Waals surface area contributed by atoms with Gasteiger partial charge in [-0.25, -0.2) is 0 Å². The van der Waals surface area contributed by atoms with Crippen LogP contribution in [0.5, 0.6) is 0 Å². The molecule has 1 N–H and O–H groups in total. The van der Waals surface area contributed by atoms with Crippen molar-refractivity contribution in [3.05, 3.63) is 71.3 Å². The summed E-state index contributed by atoms with van der Waals surface area (Å²) in [6, 6.07) is 19.3. The number of ether oxygens (including phenoxy) is 1. The Balaban J connectivity index is 1.83. The lowest BCUT2D eigenvalue weighted by molar-refractivity contribution is -0.0866. The highest BCUT2D eigenvalue weighted by molar-refractivity contribution is 5.26. The summed E-state index contributed by atoms with van der Waals surface area (Å²) >= 11 is 0. The van der Waals surface area contributed by atoms with Gasteiger partial charge in [-0.3, -0.25) is 4.90 Å². The van der Waals surface area contributed by atoms with Crippen molar-refractivity contribution in [1.29, 1.82) is 0 Å². The minimum Gasteiger partial charge on any atom is -0.394 e. The van der Waals surface area contributed by atoms with Crippen LogP contribution in [0.2, 0.25) is 0 Å². The fourth-order valence-electron chi connectivity index (χ4n) is 3.06. The fourth-order valence-corrected chi connectivity index (χ4v) is 3.06. The zero-order chi connectivity index (χ0) is 15.4. The van der Waals surface area contributed by atoms with E-state index in [0.717, 1.165) is 13.1 Å². The lowest BCUT2D eigenvalue weighted by atomic mass is 10.0. The second-order valence-corrected chi connectivity index (χ2v) is 5.98. The van der Waals surface area contributed by atoms with Crippen molar-refractivity contribution < 1.29 is 9.84 Å². The largest absolute Gasteiger partial charge is 0.394 e. The minimum atomic E-state index is -0.0928. The van der Waals surface area contributed by atoms with Crippen molar-refractivity contribution in [2.24, 2.45) is 0 Å². The molecule has 116 valence electrons. The maximum absolute atomic E-state index is 9.42. The predicted octanol–water partition coefficient (Wildman–Crippen LogP) is 2.93. The van der Waals surface area contributed by atoms with Crippen molar-refractivity contribution in [1.82, 2.24) is 4.90 Å². The Morgan fingerprint density at radius 3 is 2.68 bits per heavy atom. The summed E-state index contributed by atoms with van der Waals surface area (Å²) in [6.07, 6.45) is -0.0928. The Kier molecular flexibility index (Phi) is 4.88. The maximum Gasteiger partial charge on any atom is 0.0933 e. The summed E-state index contributed by atoms with van der Waals surface area (Å²) in [7, 11) is 0. The molecule has 1 saturated heterocycles. The van der Waals surface area contributed by atoms with Gasteiger partial charge in [0.2, 0.25) is 0 Å². The predicted molar refractivity (Wildman–Crippen MR) is 87.6 cm³/mol. The van der Waals surface area contributed by atoms with Crippen LogP contribution in [-0.4, -0.2) is 35.9 Å². The van der Waals surface area contributed by atoms with Gasteiger partial charge in [-0.2, -0.15) is 0 Å². The van der Waals surface area contributed by atoms with Gasteiger partial charge in [0.15, 0.2) is 0 Å². The molecule has 1 aliphatic heterocycles. The van der Waals surface area contributed by atoms with Gasteiger partial charge in [-0.1, -0.05) is 60.2 Å². The first-order valence-corrected chi connectivity index (χ1v) is 7.83. The lowest BCUT2D eigenvalue weighted by Gasteiger charge is -2.39. The van der Waals surface area contributed by atoms with Gasteiger partial charge < -0.3 is 9.84 Å². The molecule has 0 saturated carbocycles. The summed E-state index contributed by atoms with van der Waals surface area (Å²) in [6.45, 7) is 4.45. The van der Waals surface area contributed by atoms with Crippen LogP contribution in [0.3, 0.4) is 0 Å². The van der Waals surface area contributed by atoms with Crippen LogP contribution in [0.15, 0.2) is 54.6 Å². The van der Waals surface area contributed by atoms with Gasteiger partial charge in [0.05, 0.1) is 25.4 Å². The van der Waals surface area contributed by atoms with E-state index in [0.29, 0.717) is 6.61 Å². The van der Waals surface area contributed by atoms with E-state index in [9.17, 15) is 5.11 Å². The molecule has 0 spiro atoms. The number of nitrogens with zero attached hydrogens (tertiary/aromatic N) is 1. The molecule has 0 radical (unpaired) electrons. The van der Waals surface area contributed by atoms with Gasteiger partial charge in [0.1, 0.15) is 0 Å². The van der Waals surface area contributed by atoms with E-state index in [2.05, 4.69) is 60.4 Å². The number of hydrogen-bond donors (Lipinski definition) is 1. The van der Waals surface area contributed by atoms with Gasteiger partial charge in [0, 0.05) is 13.1 Å². The third-order valence-corrected chi connectivity index (χ3v) is 4.23. The SMILES string of the molecule is Cc1cccc(C2COC(CO)CN2Cc2ccccc2)c1. The van der Waals surface area contributed by atoms with Gasteiger partial charge >= 0.3 is 0 Å². The van der Waals surface area contributed by atoms with Gasteiger partial charge in [-0.05, 0) is 18.1 Å². The zero-order valence-electron chi connectivity index (χ0n) is 13.0. The molecule has 22 heavy (non-hydrogen) atoms. The molecule has 2 aromatic rings. The molecule has 2 unspecified atom stereocenters. The second kappa shape index (κ2) is 7.05. The van der Waals surface area contributed by atoms with Crippen LogP contribution in [0, 0.1) is 6.92 Å². The van der Waals surface area contributed by atoms with Crippen molar-refractivity contribution >= 4 is 0 Å². The maximum atomic E-state index is 9.42. The van der Waals surface area contributed by atoms with E-state index in [-0.39, 0.29) is 18.8 Å². The average molecular weight is 297 g/mol. The van der Waals surface area contributed by atoms with E-state index in [1.807, 2.05) is 6.07 Å². The Bertz CT molecular complexity index is 599. The molecule has 3 heteroatoms. The Morgan fingerprint density at radius 2 is 1.95 bits per heavy atom. The van der Waals surface area contributed by atoms with Crippen molar-refractivity contribution in [2.75, 3.05) is 19.8 Å². The third kappa shape index (κ3) is 3.55. The highest BCUT2D eigenvalue weighted by Crippen LogP contribution is 2.28. The molecule has 1 aliphatic rings. The average Bonchev–Trinajstić information content (AvgIpc) is 2.55. The van der Waals surface area contributed by atoms with Crippen LogP contribution in [-0.2, 0) is 11.3 Å². The second-order valence-electron chi connectivity index (χ2n) is 5.98. The summed E-state index contributed by atoms with van der Waals surface area (Å²) in [5, 5.41) is 9.42. The number of rotatable bonds is 4. The van der Waals surface area contributed by atoms with Gasteiger partial charge in [-0.15, -0.1) is 0 Å². The highest BCUT2D eigenvalue weighted by atomic mass is 16.5. The molecule has 1 fully saturated rings. The lowest BCUT2D eigenvalue weighted by Crippen LogP contribution is -2.45. The van der Waals surface area contributed by atoms with Crippen molar-refractivity contribution in [3.8, 4) is 0 Å². The number of benzene rings is 2. The third-order valence-electron chi connectivity index (χ3n) is 4.23. The number of aliphatic hydroxyl groups is 1. The standard InChI is InChI=1S/C19H23NO2/c1-15-6-5-9-17(10-15)19-14-22-18(13-21)12-20(19)11-16-7-3-2-4-8-16/h2-10,18-19,21H,11-14H2,1H3. The number of aliphatic hydroxyl groups excluding tert-OH is 1. The first kappa shape index (κ1) is 15.2. The quantitative estimate of drug-likeness (QED) is 0.942. The van der Waals surface area contributed by atoms with Crippen molar-refractivity contribution in [2.45, 2.75) is 25.6 Å². The van der Waals surface area contributed by atoms with Crippen LogP contribution < -0.4 is 0 Å². The number of aryl methyl sites for hydroxylation is 1. The molecule has 0 amide bonds. The first-order chi connectivity index (χ1) is 10.8. The van der Waals surface area contributed by atoms with Crippen LogP contribution in [0.1, 0.15) is 22.7 Å². The fraction of sp³-hybridized carbons (Fsp3) is 0.368. The topological polar surface area (TPSA) is 32.7 Å². The smallest absolute Gasteiger partial charge is 0.0933 e. The Morgan fingerprint density at radius 1 is 1.14 bits per heavy atom. The van der Waals surface area contributed by atoms with E-state index in [4.69, 9.17) is 4.74 Å². The molecule has 3 nitrogen and oxygen atoms in total. The normalized spacial score (nSPS) is 22.6. The molecule has 2 atom stereocenters. The molecule has 1 heterocycles. The summed E-state index contributed by atoms with van der Waals surface area (Å²) in [5.41, 5.74) is 3.84. The number of hydrogen-bond acceptors (Lipinski definition) is 3. The zero-order valence-corrected chi connectivity index (χ0v) is 13.0. The molecule has 2 aromatic carbocycles. The molecular formula is C19H23NO2. The molecule has 0 aliphatic carbocycles. The summed E-state index contributed by atoms with van der Waals surface area (Å²) < 4.78 is 5.81. The Hall–Kier alpha value is -1.68. The van der Waals surface area contributed by atoms with Crippen molar-refractivity contribution in [3.63, 3.8) is 0 Å². The van der Waals surface area contributed by atoms with Gasteiger partial charge in [0.25, 0.3) is 0 Å². The van der Waals surface area contributed by atoms with Crippen LogP contribution in [0.4, 0.5) is 0 Å². The molecule has 0 bridgehead atoms. The van der Waals surface area contributed by atoms with Crippen LogP contribution >= 0.6 is 0 Å². The molecular weight excluding hydrogens is 274 g/mol. The summed E-state index contributed by atoms with van der Waals surface area (Å²) in [5.74, 6) is 0. The van der Waals surface area contributed by atoms with E-state index < -0.39 is 0 Å². The van der Waals surface area contributed by atoms with E-state index in [1.165, 1.54) is 16.7 Å². The Labute approximate surface area is 132 Å².